The van der Waals surface area contributed by atoms with Crippen LogP contribution in [0.25, 0.3) is 0 Å². The van der Waals surface area contributed by atoms with Gasteiger partial charge in [0.15, 0.2) is 5.78 Å². The molecule has 84 valence electrons. The van der Waals surface area contributed by atoms with Gasteiger partial charge in [0.25, 0.3) is 0 Å². The SMILES string of the molecule is CCCCC1=CC(CCCC)C=CC1=O. The Labute approximate surface area is 93.3 Å². The van der Waals surface area contributed by atoms with E-state index < -0.39 is 0 Å². The number of unbranched alkanes of at least 4 members (excludes halogenated alkanes) is 2. The fraction of sp³-hybridized carbons (Fsp3) is 0.643. The molecular weight excluding hydrogens is 184 g/mol. The number of rotatable bonds is 6. The van der Waals surface area contributed by atoms with Crippen LogP contribution in [-0.2, 0) is 4.79 Å². The van der Waals surface area contributed by atoms with E-state index in [1.807, 2.05) is 0 Å². The standard InChI is InChI=1S/C14H22O/c1-3-5-7-12-9-10-14(15)13(11-12)8-6-4-2/h9-12H,3-8H2,1-2H3. The lowest BCUT2D eigenvalue weighted by atomic mass is 9.90. The Hall–Kier alpha value is -0.850. The molecule has 1 rings (SSSR count). The smallest absolute Gasteiger partial charge is 0.181 e. The Morgan fingerprint density at radius 2 is 1.93 bits per heavy atom. The largest absolute Gasteiger partial charge is 0.290 e. The highest BCUT2D eigenvalue weighted by atomic mass is 16.1. The molecule has 0 saturated heterocycles. The summed E-state index contributed by atoms with van der Waals surface area (Å²) in [6.45, 7) is 4.37. The summed E-state index contributed by atoms with van der Waals surface area (Å²) in [6, 6.07) is 0. The number of ketones is 1. The summed E-state index contributed by atoms with van der Waals surface area (Å²) < 4.78 is 0. The number of hydrogen-bond donors (Lipinski definition) is 0. The summed E-state index contributed by atoms with van der Waals surface area (Å²) in [5, 5.41) is 0. The molecule has 0 aromatic rings. The number of hydrogen-bond acceptors (Lipinski definition) is 1. The molecule has 1 atom stereocenters. The quantitative estimate of drug-likeness (QED) is 0.640. The van der Waals surface area contributed by atoms with Gasteiger partial charge in [0.2, 0.25) is 0 Å². The first-order chi connectivity index (χ1) is 7.27. The molecular formula is C14H22O. The Kier molecular flexibility index (Phi) is 5.38. The third kappa shape index (κ3) is 4.03. The van der Waals surface area contributed by atoms with Crippen LogP contribution in [-0.4, -0.2) is 5.78 Å². The molecule has 1 unspecified atom stereocenters. The predicted molar refractivity (Wildman–Crippen MR) is 64.8 cm³/mol. The van der Waals surface area contributed by atoms with E-state index in [2.05, 4.69) is 26.0 Å². The van der Waals surface area contributed by atoms with E-state index in [9.17, 15) is 4.79 Å². The summed E-state index contributed by atoms with van der Waals surface area (Å²) in [7, 11) is 0. The van der Waals surface area contributed by atoms with Crippen molar-refractivity contribution in [3.63, 3.8) is 0 Å². The zero-order valence-electron chi connectivity index (χ0n) is 9.96. The van der Waals surface area contributed by atoms with Crippen molar-refractivity contribution in [2.24, 2.45) is 5.92 Å². The summed E-state index contributed by atoms with van der Waals surface area (Å²) in [4.78, 5) is 11.6. The van der Waals surface area contributed by atoms with Crippen molar-refractivity contribution >= 4 is 5.78 Å². The van der Waals surface area contributed by atoms with E-state index in [4.69, 9.17) is 0 Å². The van der Waals surface area contributed by atoms with Crippen molar-refractivity contribution in [2.45, 2.75) is 52.4 Å². The van der Waals surface area contributed by atoms with Crippen LogP contribution < -0.4 is 0 Å². The van der Waals surface area contributed by atoms with Crippen LogP contribution in [0.1, 0.15) is 52.4 Å². The molecule has 15 heavy (non-hydrogen) atoms. The van der Waals surface area contributed by atoms with Gasteiger partial charge in [0.05, 0.1) is 0 Å². The van der Waals surface area contributed by atoms with Crippen LogP contribution in [0.5, 0.6) is 0 Å². The molecule has 0 N–H and O–H groups in total. The molecule has 1 nitrogen and oxygen atoms in total. The molecule has 0 amide bonds. The van der Waals surface area contributed by atoms with Gasteiger partial charge < -0.3 is 0 Å². The van der Waals surface area contributed by atoms with Crippen LogP contribution in [0, 0.1) is 5.92 Å². The first-order valence-electron chi connectivity index (χ1n) is 6.21. The van der Waals surface area contributed by atoms with Crippen molar-refractivity contribution < 1.29 is 4.79 Å². The minimum absolute atomic E-state index is 0.233. The van der Waals surface area contributed by atoms with Gasteiger partial charge in [-0.3, -0.25) is 4.79 Å². The first kappa shape index (κ1) is 12.2. The molecule has 1 aliphatic carbocycles. The van der Waals surface area contributed by atoms with Gasteiger partial charge in [-0.2, -0.15) is 0 Å². The Balaban J connectivity index is 2.50. The summed E-state index contributed by atoms with van der Waals surface area (Å²) in [5.74, 6) is 0.741. The number of carbonyl (C=O) groups is 1. The second kappa shape index (κ2) is 6.60. The summed E-state index contributed by atoms with van der Waals surface area (Å²) in [5.41, 5.74) is 1.04. The zero-order chi connectivity index (χ0) is 11.1. The second-order valence-electron chi connectivity index (χ2n) is 4.32. The van der Waals surface area contributed by atoms with Crippen molar-refractivity contribution in [2.75, 3.05) is 0 Å². The van der Waals surface area contributed by atoms with Gasteiger partial charge in [0.1, 0.15) is 0 Å². The highest BCUT2D eigenvalue weighted by molar-refractivity contribution is 6.04. The molecule has 0 aromatic carbocycles. The van der Waals surface area contributed by atoms with Gasteiger partial charge in [-0.1, -0.05) is 45.3 Å². The second-order valence-corrected chi connectivity index (χ2v) is 4.32. The molecule has 0 heterocycles. The first-order valence-corrected chi connectivity index (χ1v) is 6.21. The van der Waals surface area contributed by atoms with E-state index in [0.29, 0.717) is 5.92 Å². The molecule has 1 heteroatoms. The van der Waals surface area contributed by atoms with Crippen LogP contribution in [0.15, 0.2) is 23.8 Å². The van der Waals surface area contributed by atoms with Crippen LogP contribution in [0.3, 0.4) is 0 Å². The van der Waals surface area contributed by atoms with Gasteiger partial charge in [-0.15, -0.1) is 0 Å². The van der Waals surface area contributed by atoms with Gasteiger partial charge in [0, 0.05) is 0 Å². The minimum atomic E-state index is 0.233. The Morgan fingerprint density at radius 1 is 1.20 bits per heavy atom. The van der Waals surface area contributed by atoms with Crippen molar-refractivity contribution in [3.8, 4) is 0 Å². The van der Waals surface area contributed by atoms with Crippen LogP contribution >= 0.6 is 0 Å². The van der Waals surface area contributed by atoms with E-state index in [1.54, 1.807) is 6.08 Å². The molecule has 1 aliphatic rings. The Bertz CT molecular complexity index is 261. The highest BCUT2D eigenvalue weighted by Crippen LogP contribution is 2.22. The average molecular weight is 206 g/mol. The maximum atomic E-state index is 11.6. The average Bonchev–Trinajstić information content (AvgIpc) is 2.26. The molecule has 0 spiro atoms. The van der Waals surface area contributed by atoms with Gasteiger partial charge in [-0.05, 0) is 36.8 Å². The topological polar surface area (TPSA) is 17.1 Å². The normalized spacial score (nSPS) is 20.5. The van der Waals surface area contributed by atoms with E-state index in [1.165, 1.54) is 19.3 Å². The van der Waals surface area contributed by atoms with Gasteiger partial charge >= 0.3 is 0 Å². The van der Waals surface area contributed by atoms with Crippen molar-refractivity contribution in [1.82, 2.24) is 0 Å². The Morgan fingerprint density at radius 3 is 2.60 bits per heavy atom. The molecule has 0 fully saturated rings. The molecule has 0 aromatic heterocycles. The maximum absolute atomic E-state index is 11.6. The van der Waals surface area contributed by atoms with Gasteiger partial charge in [-0.25, -0.2) is 0 Å². The van der Waals surface area contributed by atoms with Crippen molar-refractivity contribution in [3.05, 3.63) is 23.8 Å². The van der Waals surface area contributed by atoms with Crippen LogP contribution in [0.2, 0.25) is 0 Å². The van der Waals surface area contributed by atoms with E-state index >= 15 is 0 Å². The van der Waals surface area contributed by atoms with Crippen molar-refractivity contribution in [1.29, 1.82) is 0 Å². The van der Waals surface area contributed by atoms with E-state index in [0.717, 1.165) is 24.8 Å². The van der Waals surface area contributed by atoms with Crippen LogP contribution in [0.4, 0.5) is 0 Å². The molecule has 0 radical (unpaired) electrons. The fourth-order valence-electron chi connectivity index (χ4n) is 1.91. The highest BCUT2D eigenvalue weighted by Gasteiger charge is 2.13. The fourth-order valence-corrected chi connectivity index (χ4v) is 1.91. The monoisotopic (exact) mass is 206 g/mol. The molecule has 0 aliphatic heterocycles. The summed E-state index contributed by atoms with van der Waals surface area (Å²) >= 11 is 0. The third-order valence-corrected chi connectivity index (χ3v) is 2.92. The summed E-state index contributed by atoms with van der Waals surface area (Å²) in [6.07, 6.45) is 12.9. The third-order valence-electron chi connectivity index (χ3n) is 2.92. The predicted octanol–water partition coefficient (Wildman–Crippen LogP) is 4.05. The number of carbonyl (C=O) groups excluding carboxylic acids is 1. The number of allylic oxidation sites excluding steroid dienone is 4. The lowest BCUT2D eigenvalue weighted by Gasteiger charge is -2.14. The molecule has 0 bridgehead atoms. The van der Waals surface area contributed by atoms with E-state index in [-0.39, 0.29) is 5.78 Å². The maximum Gasteiger partial charge on any atom is 0.181 e. The molecule has 0 saturated carbocycles. The minimum Gasteiger partial charge on any atom is -0.290 e. The lowest BCUT2D eigenvalue weighted by molar-refractivity contribution is -0.111. The zero-order valence-corrected chi connectivity index (χ0v) is 9.96. The lowest BCUT2D eigenvalue weighted by Crippen LogP contribution is -2.08.